The van der Waals surface area contributed by atoms with Crippen molar-refractivity contribution >= 4 is 15.9 Å². The first-order valence-corrected chi connectivity index (χ1v) is 8.88. The van der Waals surface area contributed by atoms with Crippen molar-refractivity contribution in [3.05, 3.63) is 65.2 Å². The molecule has 0 spiro atoms. The van der Waals surface area contributed by atoms with Crippen LogP contribution in [0.4, 0.5) is 0 Å². The number of aryl methyl sites for hydroxylation is 1. The zero-order valence-corrected chi connectivity index (χ0v) is 13.8. The molecule has 5 nitrogen and oxygen atoms in total. The van der Waals surface area contributed by atoms with E-state index in [0.29, 0.717) is 12.0 Å². The third kappa shape index (κ3) is 4.64. The van der Waals surface area contributed by atoms with Crippen LogP contribution >= 0.6 is 0 Å². The van der Waals surface area contributed by atoms with Crippen LogP contribution in [-0.4, -0.2) is 20.9 Å². The third-order valence-corrected chi connectivity index (χ3v) is 4.99. The minimum Gasteiger partial charge on any atom is -0.366 e. The van der Waals surface area contributed by atoms with Gasteiger partial charge < -0.3 is 5.73 Å². The number of nitrogens with two attached hydrogens (primary N) is 1. The van der Waals surface area contributed by atoms with Gasteiger partial charge in [0.2, 0.25) is 15.9 Å². The van der Waals surface area contributed by atoms with Crippen LogP contribution in [0.5, 0.6) is 0 Å². The average molecular weight is 332 g/mol. The van der Waals surface area contributed by atoms with E-state index in [2.05, 4.69) is 4.72 Å². The lowest BCUT2D eigenvalue weighted by Crippen LogP contribution is -2.26. The highest BCUT2D eigenvalue weighted by Crippen LogP contribution is 2.12. The summed E-state index contributed by atoms with van der Waals surface area (Å²) in [6.07, 6.45) is 1.26. The van der Waals surface area contributed by atoms with E-state index in [-0.39, 0.29) is 11.4 Å². The second-order valence-electron chi connectivity index (χ2n) is 5.21. The van der Waals surface area contributed by atoms with Crippen LogP contribution in [0.1, 0.15) is 28.4 Å². The summed E-state index contributed by atoms with van der Waals surface area (Å²) in [6.45, 7) is 2.23. The summed E-state index contributed by atoms with van der Waals surface area (Å²) in [5, 5.41) is 0. The highest BCUT2D eigenvalue weighted by atomic mass is 32.2. The molecule has 0 aliphatic rings. The summed E-state index contributed by atoms with van der Waals surface area (Å²) in [5.74, 6) is -0.496. The van der Waals surface area contributed by atoms with Crippen LogP contribution in [0, 0.1) is 0 Å². The lowest BCUT2D eigenvalue weighted by molar-refractivity contribution is 0.1000. The molecule has 0 aromatic heterocycles. The summed E-state index contributed by atoms with van der Waals surface area (Å²) in [6, 6.07) is 13.8. The van der Waals surface area contributed by atoms with Crippen molar-refractivity contribution in [3.63, 3.8) is 0 Å². The van der Waals surface area contributed by atoms with Crippen LogP contribution in [0.3, 0.4) is 0 Å². The minimum atomic E-state index is -3.53. The molecule has 3 N–H and O–H groups in total. The smallest absolute Gasteiger partial charge is 0.248 e. The monoisotopic (exact) mass is 332 g/mol. The van der Waals surface area contributed by atoms with Gasteiger partial charge in [0.05, 0.1) is 4.90 Å². The van der Waals surface area contributed by atoms with Crippen molar-refractivity contribution in [3.8, 4) is 0 Å². The molecule has 2 rings (SSSR count). The van der Waals surface area contributed by atoms with Crippen LogP contribution in [0.15, 0.2) is 53.4 Å². The molecule has 2 aromatic carbocycles. The molecule has 1 amide bonds. The molecule has 0 bridgehead atoms. The van der Waals surface area contributed by atoms with E-state index in [9.17, 15) is 13.2 Å². The van der Waals surface area contributed by atoms with Crippen molar-refractivity contribution in [1.29, 1.82) is 0 Å². The molecule has 0 aliphatic carbocycles. The van der Waals surface area contributed by atoms with Crippen molar-refractivity contribution < 1.29 is 13.2 Å². The van der Waals surface area contributed by atoms with Gasteiger partial charge in [-0.15, -0.1) is 0 Å². The van der Waals surface area contributed by atoms with Crippen LogP contribution in [0.25, 0.3) is 0 Å². The second-order valence-corrected chi connectivity index (χ2v) is 6.98. The summed E-state index contributed by atoms with van der Waals surface area (Å²) in [5.41, 5.74) is 7.48. The van der Waals surface area contributed by atoms with Gasteiger partial charge in [0.15, 0.2) is 0 Å². The lowest BCUT2D eigenvalue weighted by Gasteiger charge is -2.08. The molecule has 0 saturated heterocycles. The Hall–Kier alpha value is -2.18. The maximum Gasteiger partial charge on any atom is 0.248 e. The van der Waals surface area contributed by atoms with Crippen LogP contribution in [0.2, 0.25) is 0 Å². The second kappa shape index (κ2) is 7.39. The number of nitrogens with one attached hydrogen (secondary N) is 1. The maximum atomic E-state index is 12.3. The molecule has 0 fully saturated rings. The first-order valence-electron chi connectivity index (χ1n) is 7.39. The van der Waals surface area contributed by atoms with E-state index >= 15 is 0 Å². The highest BCUT2D eigenvalue weighted by Gasteiger charge is 2.13. The molecule has 0 saturated carbocycles. The number of primary amides is 1. The fraction of sp³-hybridized carbons (Fsp3) is 0.235. The Morgan fingerprint density at radius 1 is 1.09 bits per heavy atom. The molecule has 0 unspecified atom stereocenters. The van der Waals surface area contributed by atoms with Gasteiger partial charge in [0.1, 0.15) is 0 Å². The van der Waals surface area contributed by atoms with Crippen molar-refractivity contribution in [2.75, 3.05) is 6.54 Å². The largest absolute Gasteiger partial charge is 0.366 e. The Labute approximate surface area is 136 Å². The predicted molar refractivity (Wildman–Crippen MR) is 89.7 cm³/mol. The SMILES string of the molecule is CCc1cccc(S(=O)(=O)NCCc2cccc(C(N)=O)c2)c1. The number of hydrogen-bond donors (Lipinski definition) is 2. The Morgan fingerprint density at radius 3 is 2.48 bits per heavy atom. The van der Waals surface area contributed by atoms with Crippen LogP contribution < -0.4 is 10.5 Å². The third-order valence-electron chi connectivity index (χ3n) is 3.53. The fourth-order valence-corrected chi connectivity index (χ4v) is 3.33. The minimum absolute atomic E-state index is 0.251. The van der Waals surface area contributed by atoms with Gasteiger partial charge in [-0.3, -0.25) is 4.79 Å². The predicted octanol–water partition coefficient (Wildman–Crippen LogP) is 1.87. The van der Waals surface area contributed by atoms with E-state index in [1.807, 2.05) is 19.1 Å². The number of sulfonamides is 1. The molecule has 23 heavy (non-hydrogen) atoms. The zero-order valence-electron chi connectivity index (χ0n) is 13.0. The van der Waals surface area contributed by atoms with Gasteiger partial charge in [0.25, 0.3) is 0 Å². The zero-order chi connectivity index (χ0) is 16.9. The molecule has 0 radical (unpaired) electrons. The molecule has 0 heterocycles. The Kier molecular flexibility index (Phi) is 5.52. The first kappa shape index (κ1) is 17.2. The molecule has 0 atom stereocenters. The van der Waals surface area contributed by atoms with Crippen LogP contribution in [-0.2, 0) is 22.9 Å². The van der Waals surface area contributed by atoms with Gasteiger partial charge in [-0.1, -0.05) is 31.2 Å². The molecular weight excluding hydrogens is 312 g/mol. The Morgan fingerprint density at radius 2 is 1.78 bits per heavy atom. The van der Waals surface area contributed by atoms with Crippen molar-refractivity contribution in [1.82, 2.24) is 4.72 Å². The highest BCUT2D eigenvalue weighted by molar-refractivity contribution is 7.89. The Balaban J connectivity index is 2.02. The van der Waals surface area contributed by atoms with E-state index in [1.165, 1.54) is 0 Å². The number of carbonyl (C=O) groups excluding carboxylic acids is 1. The topological polar surface area (TPSA) is 89.3 Å². The summed E-state index contributed by atoms with van der Waals surface area (Å²) in [7, 11) is -3.53. The Bertz CT molecular complexity index is 801. The summed E-state index contributed by atoms with van der Waals surface area (Å²) in [4.78, 5) is 11.4. The summed E-state index contributed by atoms with van der Waals surface area (Å²) >= 11 is 0. The first-order chi connectivity index (χ1) is 10.9. The molecule has 0 aliphatic heterocycles. The average Bonchev–Trinajstić information content (AvgIpc) is 2.55. The molecular formula is C17H20N2O3S. The van der Waals surface area contributed by atoms with E-state index < -0.39 is 15.9 Å². The molecule has 6 heteroatoms. The van der Waals surface area contributed by atoms with Gasteiger partial charge in [-0.25, -0.2) is 13.1 Å². The quantitative estimate of drug-likeness (QED) is 0.811. The number of carbonyl (C=O) groups is 1. The van der Waals surface area contributed by atoms with E-state index in [1.54, 1.807) is 36.4 Å². The normalized spacial score (nSPS) is 11.3. The summed E-state index contributed by atoms with van der Waals surface area (Å²) < 4.78 is 27.1. The number of amides is 1. The number of rotatable bonds is 7. The lowest BCUT2D eigenvalue weighted by atomic mass is 10.1. The van der Waals surface area contributed by atoms with Crippen molar-refractivity contribution in [2.45, 2.75) is 24.7 Å². The standard InChI is InChI=1S/C17H20N2O3S/c1-2-13-5-4-8-16(12-13)23(21,22)19-10-9-14-6-3-7-15(11-14)17(18)20/h3-8,11-12,19H,2,9-10H2,1H3,(H2,18,20). The number of benzene rings is 2. The van der Waals surface area contributed by atoms with E-state index in [4.69, 9.17) is 5.73 Å². The van der Waals surface area contributed by atoms with E-state index in [0.717, 1.165) is 17.5 Å². The fourth-order valence-electron chi connectivity index (χ4n) is 2.23. The molecule has 122 valence electrons. The van der Waals surface area contributed by atoms with Gasteiger partial charge in [0, 0.05) is 12.1 Å². The van der Waals surface area contributed by atoms with Crippen molar-refractivity contribution in [2.24, 2.45) is 5.73 Å². The van der Waals surface area contributed by atoms with Gasteiger partial charge in [-0.05, 0) is 48.2 Å². The molecule has 2 aromatic rings. The maximum absolute atomic E-state index is 12.3. The number of hydrogen-bond acceptors (Lipinski definition) is 3. The van der Waals surface area contributed by atoms with Gasteiger partial charge in [-0.2, -0.15) is 0 Å². The van der Waals surface area contributed by atoms with Gasteiger partial charge >= 0.3 is 0 Å².